The highest BCUT2D eigenvalue weighted by Crippen LogP contribution is 2.19. The predicted octanol–water partition coefficient (Wildman–Crippen LogP) is 1.34. The monoisotopic (exact) mass is 579 g/mol. The molecule has 4 atom stereocenters. The van der Waals surface area contributed by atoms with Crippen molar-refractivity contribution in [2.45, 2.75) is 63.7 Å². The highest BCUT2D eigenvalue weighted by Gasteiger charge is 2.31. The van der Waals surface area contributed by atoms with Crippen molar-refractivity contribution in [3.63, 3.8) is 0 Å². The second-order valence-corrected chi connectivity index (χ2v) is 10.5. The van der Waals surface area contributed by atoms with Crippen molar-refractivity contribution in [3.05, 3.63) is 71.9 Å². The van der Waals surface area contributed by atoms with Gasteiger partial charge >= 0.3 is 11.9 Å². The number of hydrogen-bond donors (Lipinski definition) is 7. The van der Waals surface area contributed by atoms with Gasteiger partial charge in [-0.25, -0.2) is 4.79 Å². The maximum atomic E-state index is 13.7. The van der Waals surface area contributed by atoms with Gasteiger partial charge in [-0.2, -0.15) is 0 Å². The van der Waals surface area contributed by atoms with E-state index in [0.29, 0.717) is 5.56 Å². The lowest BCUT2D eigenvalue weighted by Gasteiger charge is -2.26. The first-order valence-corrected chi connectivity index (χ1v) is 13.7. The van der Waals surface area contributed by atoms with Crippen molar-refractivity contribution in [2.75, 3.05) is 0 Å². The van der Waals surface area contributed by atoms with E-state index in [9.17, 15) is 29.1 Å². The second kappa shape index (κ2) is 14.8. The molecule has 0 spiro atoms. The first-order chi connectivity index (χ1) is 20.0. The van der Waals surface area contributed by atoms with Crippen LogP contribution in [-0.2, 0) is 36.8 Å². The van der Waals surface area contributed by atoms with Crippen molar-refractivity contribution in [2.24, 2.45) is 11.7 Å². The molecule has 0 aliphatic rings. The van der Waals surface area contributed by atoms with Gasteiger partial charge in [0, 0.05) is 36.4 Å². The van der Waals surface area contributed by atoms with E-state index in [1.165, 1.54) is 0 Å². The van der Waals surface area contributed by atoms with Gasteiger partial charge in [-0.15, -0.1) is 0 Å². The summed E-state index contributed by atoms with van der Waals surface area (Å²) in [6, 6.07) is 11.7. The minimum Gasteiger partial charge on any atom is -0.481 e. The van der Waals surface area contributed by atoms with Crippen molar-refractivity contribution >= 4 is 40.6 Å². The minimum atomic E-state index is -1.49. The lowest BCUT2D eigenvalue weighted by molar-refractivity contribution is -0.143. The number of nitrogens with one attached hydrogen (secondary N) is 4. The summed E-state index contributed by atoms with van der Waals surface area (Å²) in [4.78, 5) is 65.9. The Morgan fingerprint density at radius 2 is 1.36 bits per heavy atom. The van der Waals surface area contributed by atoms with Gasteiger partial charge in [0.15, 0.2) is 0 Å². The van der Waals surface area contributed by atoms with Crippen LogP contribution in [-0.4, -0.2) is 69.0 Å². The second-order valence-electron chi connectivity index (χ2n) is 10.5. The Hall–Kier alpha value is -4.71. The molecular weight excluding hydrogens is 542 g/mol. The Balaban J connectivity index is 1.90. The van der Waals surface area contributed by atoms with E-state index in [-0.39, 0.29) is 25.2 Å². The lowest BCUT2D eigenvalue weighted by atomic mass is 10.00. The summed E-state index contributed by atoms with van der Waals surface area (Å²) in [5, 5.41) is 27.1. The van der Waals surface area contributed by atoms with Gasteiger partial charge in [0.05, 0.1) is 6.04 Å². The number of carboxylic acids is 2. The smallest absolute Gasteiger partial charge is 0.326 e. The average molecular weight is 580 g/mol. The van der Waals surface area contributed by atoms with Crippen LogP contribution in [0.15, 0.2) is 60.8 Å². The van der Waals surface area contributed by atoms with E-state index < -0.39 is 60.2 Å². The first kappa shape index (κ1) is 31.8. The molecule has 0 fully saturated rings. The van der Waals surface area contributed by atoms with E-state index >= 15 is 0 Å². The standard InChI is InChI=1S/C30H37N5O7/c1-17(2)26(31)29(40)35-23(14-18-8-4-3-5-9-18)27(38)34-24(15-19-16-32-21-11-7-6-10-20(19)21)28(39)33-22(30(41)42)12-13-25(36)37/h3-11,16-17,22-24,26,32H,12-15,31H2,1-2H3,(H,33,39)(H,34,38)(H,35,40)(H,36,37)(H,41,42). The molecule has 0 saturated carbocycles. The van der Waals surface area contributed by atoms with Crippen LogP contribution in [0.2, 0.25) is 0 Å². The molecule has 3 aromatic rings. The maximum absolute atomic E-state index is 13.7. The lowest BCUT2D eigenvalue weighted by Crippen LogP contribution is -2.58. The fourth-order valence-corrected chi connectivity index (χ4v) is 4.43. The molecule has 42 heavy (non-hydrogen) atoms. The Kier molecular flexibility index (Phi) is 11.2. The molecule has 8 N–H and O–H groups in total. The zero-order valence-electron chi connectivity index (χ0n) is 23.5. The van der Waals surface area contributed by atoms with Gasteiger partial charge in [-0.1, -0.05) is 62.4 Å². The Labute approximate surface area is 243 Å². The quantitative estimate of drug-likeness (QED) is 0.140. The number of H-pyrrole nitrogens is 1. The fraction of sp³-hybridized carbons (Fsp3) is 0.367. The summed E-state index contributed by atoms with van der Waals surface area (Å²) in [6.07, 6.45) is 0.981. The van der Waals surface area contributed by atoms with Crippen molar-refractivity contribution in [3.8, 4) is 0 Å². The first-order valence-electron chi connectivity index (χ1n) is 13.7. The van der Waals surface area contributed by atoms with Gasteiger partial charge in [0.2, 0.25) is 17.7 Å². The van der Waals surface area contributed by atoms with Crippen molar-refractivity contribution in [1.82, 2.24) is 20.9 Å². The Morgan fingerprint density at radius 1 is 0.786 bits per heavy atom. The summed E-state index contributed by atoms with van der Waals surface area (Å²) in [6.45, 7) is 3.56. The summed E-state index contributed by atoms with van der Waals surface area (Å²) in [5.41, 5.74) is 8.27. The number of aromatic amines is 1. The fourth-order valence-electron chi connectivity index (χ4n) is 4.43. The Morgan fingerprint density at radius 3 is 1.98 bits per heavy atom. The highest BCUT2D eigenvalue weighted by molar-refractivity contribution is 5.95. The minimum absolute atomic E-state index is 0.00956. The molecule has 0 bridgehead atoms. The van der Waals surface area contributed by atoms with Gasteiger partial charge < -0.3 is 36.9 Å². The number of nitrogens with two attached hydrogens (primary N) is 1. The van der Waals surface area contributed by atoms with Crippen LogP contribution in [0.4, 0.5) is 0 Å². The number of benzene rings is 2. The summed E-state index contributed by atoms with van der Waals surface area (Å²) >= 11 is 0. The van der Waals surface area contributed by atoms with E-state index in [1.807, 2.05) is 30.3 Å². The number of carboxylic acid groups (broad SMARTS) is 2. The average Bonchev–Trinajstić information content (AvgIpc) is 3.36. The number of rotatable bonds is 15. The van der Waals surface area contributed by atoms with E-state index in [0.717, 1.165) is 16.5 Å². The van der Waals surface area contributed by atoms with E-state index in [1.54, 1.807) is 44.3 Å². The van der Waals surface area contributed by atoms with Crippen LogP contribution in [0.5, 0.6) is 0 Å². The van der Waals surface area contributed by atoms with Crippen LogP contribution in [0.3, 0.4) is 0 Å². The van der Waals surface area contributed by atoms with Gasteiger partial charge in [0.25, 0.3) is 0 Å². The molecule has 0 aliphatic carbocycles. The number of para-hydroxylation sites is 1. The van der Waals surface area contributed by atoms with Crippen molar-refractivity contribution < 1.29 is 34.2 Å². The zero-order chi connectivity index (χ0) is 30.8. The number of amides is 3. The van der Waals surface area contributed by atoms with E-state index in [4.69, 9.17) is 10.8 Å². The molecular formula is C30H37N5O7. The normalized spacial score (nSPS) is 14.0. The molecule has 4 unspecified atom stereocenters. The molecule has 1 heterocycles. The van der Waals surface area contributed by atoms with Crippen LogP contribution in [0.1, 0.15) is 37.8 Å². The van der Waals surface area contributed by atoms with Crippen LogP contribution >= 0.6 is 0 Å². The van der Waals surface area contributed by atoms with Gasteiger partial charge in [-0.3, -0.25) is 19.2 Å². The van der Waals surface area contributed by atoms with Crippen LogP contribution < -0.4 is 21.7 Å². The maximum Gasteiger partial charge on any atom is 0.326 e. The van der Waals surface area contributed by atoms with Crippen molar-refractivity contribution in [1.29, 1.82) is 0 Å². The number of hydrogen-bond acceptors (Lipinski definition) is 6. The number of fused-ring (bicyclic) bond motifs is 1. The third-order valence-corrected chi connectivity index (χ3v) is 6.93. The highest BCUT2D eigenvalue weighted by atomic mass is 16.4. The molecule has 3 rings (SSSR count). The number of aromatic nitrogens is 1. The molecule has 0 saturated heterocycles. The molecule has 12 nitrogen and oxygen atoms in total. The SMILES string of the molecule is CC(C)C(N)C(=O)NC(Cc1ccccc1)C(=O)NC(Cc1c[nH]c2ccccc12)C(=O)NC(CCC(=O)O)C(=O)O. The molecule has 224 valence electrons. The largest absolute Gasteiger partial charge is 0.481 e. The van der Waals surface area contributed by atoms with E-state index in [2.05, 4.69) is 20.9 Å². The summed E-state index contributed by atoms with van der Waals surface area (Å²) in [7, 11) is 0. The number of carbonyl (C=O) groups is 5. The zero-order valence-corrected chi connectivity index (χ0v) is 23.5. The molecule has 12 heteroatoms. The van der Waals surface area contributed by atoms with Gasteiger partial charge in [-0.05, 0) is 29.5 Å². The topological polar surface area (TPSA) is 204 Å². The number of aliphatic carboxylic acids is 2. The molecule has 2 aromatic carbocycles. The van der Waals surface area contributed by atoms with Gasteiger partial charge in [0.1, 0.15) is 18.1 Å². The third-order valence-electron chi connectivity index (χ3n) is 6.93. The summed E-state index contributed by atoms with van der Waals surface area (Å²) in [5.74, 6) is -4.81. The molecule has 0 radical (unpaired) electrons. The predicted molar refractivity (Wildman–Crippen MR) is 155 cm³/mol. The molecule has 1 aromatic heterocycles. The van der Waals surface area contributed by atoms with Crippen LogP contribution in [0.25, 0.3) is 10.9 Å². The third kappa shape index (κ3) is 8.90. The van der Waals surface area contributed by atoms with Crippen LogP contribution in [0, 0.1) is 5.92 Å². The Bertz CT molecular complexity index is 1410. The summed E-state index contributed by atoms with van der Waals surface area (Å²) < 4.78 is 0. The number of carbonyl (C=O) groups excluding carboxylic acids is 3. The molecule has 3 amide bonds. The molecule has 0 aliphatic heterocycles.